The number of nitrogens with one attached hydrogen (secondary N) is 2. The Kier molecular flexibility index (Phi) is 8.53. The lowest BCUT2D eigenvalue weighted by Gasteiger charge is -2.34. The summed E-state index contributed by atoms with van der Waals surface area (Å²) in [4.78, 5) is 33.8. The van der Waals surface area contributed by atoms with Gasteiger partial charge in [0, 0.05) is 45.8 Å². The number of rotatable bonds is 6. The number of hydrogen-bond acceptors (Lipinski definition) is 4. The zero-order valence-electron chi connectivity index (χ0n) is 20.7. The van der Waals surface area contributed by atoms with Gasteiger partial charge < -0.3 is 20.4 Å². The van der Waals surface area contributed by atoms with Gasteiger partial charge in [0.2, 0.25) is 0 Å². The molecule has 1 heterocycles. The summed E-state index contributed by atoms with van der Waals surface area (Å²) in [5.41, 5.74) is 1.55. The highest BCUT2D eigenvalue weighted by Gasteiger charge is 2.25. The molecule has 0 aliphatic carbocycles. The van der Waals surface area contributed by atoms with E-state index in [2.05, 4.69) is 10.6 Å². The van der Waals surface area contributed by atoms with E-state index in [0.29, 0.717) is 26.2 Å². The Morgan fingerprint density at radius 3 is 1.24 bits per heavy atom. The molecule has 0 bridgehead atoms. The summed E-state index contributed by atoms with van der Waals surface area (Å²) in [6.07, 6.45) is 0. The minimum absolute atomic E-state index is 0.157. The molecule has 1 fully saturated rings. The van der Waals surface area contributed by atoms with Gasteiger partial charge in [-0.15, -0.1) is 0 Å². The van der Waals surface area contributed by atoms with E-state index in [1.54, 1.807) is 33.3 Å². The van der Waals surface area contributed by atoms with Crippen LogP contribution in [0.5, 0.6) is 0 Å². The fourth-order valence-corrected chi connectivity index (χ4v) is 5.90. The van der Waals surface area contributed by atoms with Crippen LogP contribution in [-0.2, 0) is 0 Å². The highest BCUT2D eigenvalue weighted by atomic mass is 32.2. The third-order valence-corrected chi connectivity index (χ3v) is 8.22. The Morgan fingerprint density at radius 2 is 0.842 bits per heavy atom. The van der Waals surface area contributed by atoms with Crippen LogP contribution in [0.2, 0.25) is 0 Å². The maximum atomic E-state index is 13.0. The Bertz CT molecular complexity index is 1270. The number of amides is 4. The Balaban J connectivity index is 1.16. The lowest BCUT2D eigenvalue weighted by atomic mass is 10.3. The van der Waals surface area contributed by atoms with Gasteiger partial charge in [0.25, 0.3) is 0 Å². The van der Waals surface area contributed by atoms with Crippen molar-refractivity contribution in [2.24, 2.45) is 0 Å². The normalized spacial score (nSPS) is 13.2. The lowest BCUT2D eigenvalue weighted by molar-refractivity contribution is 0.156. The fourth-order valence-electron chi connectivity index (χ4n) is 4.05. The summed E-state index contributed by atoms with van der Waals surface area (Å²) in [6.45, 7) is 1.86. The van der Waals surface area contributed by atoms with Gasteiger partial charge >= 0.3 is 12.1 Å². The standard InChI is InChI=1S/C30H28N4O2S2/c35-29(31-25-15-7-9-17-27(25)37-23-11-3-1-4-12-23)33-19-21-34(22-20-33)30(36)32-26-16-8-10-18-28(26)38-24-13-5-2-6-14-24/h1-18H,19-22H2,(H,31,35)(H,32,36). The van der Waals surface area contributed by atoms with Crippen LogP contribution in [0.15, 0.2) is 129 Å². The first-order valence-electron chi connectivity index (χ1n) is 12.4. The largest absolute Gasteiger partial charge is 0.321 e. The molecule has 192 valence electrons. The predicted molar refractivity (Wildman–Crippen MR) is 155 cm³/mol. The van der Waals surface area contributed by atoms with Crippen LogP contribution in [0.25, 0.3) is 0 Å². The zero-order valence-corrected chi connectivity index (χ0v) is 22.4. The average Bonchev–Trinajstić information content (AvgIpc) is 2.96. The van der Waals surface area contributed by atoms with Crippen molar-refractivity contribution in [1.82, 2.24) is 9.80 Å². The van der Waals surface area contributed by atoms with Gasteiger partial charge in [-0.05, 0) is 48.5 Å². The van der Waals surface area contributed by atoms with Crippen LogP contribution >= 0.6 is 23.5 Å². The second-order valence-corrected chi connectivity index (χ2v) is 10.9. The summed E-state index contributed by atoms with van der Waals surface area (Å²) < 4.78 is 0. The van der Waals surface area contributed by atoms with E-state index in [1.165, 1.54) is 0 Å². The number of benzene rings is 4. The first-order chi connectivity index (χ1) is 18.7. The molecule has 0 unspecified atom stereocenters. The number of urea groups is 2. The summed E-state index contributed by atoms with van der Waals surface area (Å²) >= 11 is 3.23. The third-order valence-electron chi connectivity index (χ3n) is 6.05. The van der Waals surface area contributed by atoms with Gasteiger partial charge in [-0.2, -0.15) is 0 Å². The smallest absolute Gasteiger partial charge is 0.321 e. The molecule has 4 amide bonds. The van der Waals surface area contributed by atoms with Crippen LogP contribution in [0, 0.1) is 0 Å². The molecule has 0 spiro atoms. The maximum Gasteiger partial charge on any atom is 0.321 e. The maximum absolute atomic E-state index is 13.0. The summed E-state index contributed by atoms with van der Waals surface area (Å²) in [5.74, 6) is 0. The van der Waals surface area contributed by atoms with Crippen LogP contribution in [0.3, 0.4) is 0 Å². The SMILES string of the molecule is O=C(Nc1ccccc1Sc1ccccc1)N1CCN(C(=O)Nc2ccccc2Sc2ccccc2)CC1. The molecule has 0 aromatic heterocycles. The molecule has 8 heteroatoms. The summed E-state index contributed by atoms with van der Waals surface area (Å²) in [7, 11) is 0. The predicted octanol–water partition coefficient (Wildman–Crippen LogP) is 7.37. The molecule has 0 radical (unpaired) electrons. The molecule has 0 saturated carbocycles. The van der Waals surface area contributed by atoms with Crippen LogP contribution in [0.1, 0.15) is 0 Å². The lowest BCUT2D eigenvalue weighted by Crippen LogP contribution is -2.52. The first-order valence-corrected chi connectivity index (χ1v) is 14.0. The molecule has 4 aromatic rings. The molecule has 1 aliphatic heterocycles. The van der Waals surface area contributed by atoms with Gasteiger partial charge in [0.15, 0.2) is 0 Å². The van der Waals surface area contributed by atoms with Crippen LogP contribution in [0.4, 0.5) is 21.0 Å². The van der Waals surface area contributed by atoms with Crippen molar-refractivity contribution in [1.29, 1.82) is 0 Å². The van der Waals surface area contributed by atoms with E-state index >= 15 is 0 Å². The Labute approximate surface area is 231 Å². The molecule has 38 heavy (non-hydrogen) atoms. The number of nitrogens with zero attached hydrogens (tertiary/aromatic N) is 2. The molecule has 1 aliphatic rings. The van der Waals surface area contributed by atoms with Crippen LogP contribution < -0.4 is 10.6 Å². The highest BCUT2D eigenvalue weighted by Crippen LogP contribution is 2.34. The quantitative estimate of drug-likeness (QED) is 0.268. The number of para-hydroxylation sites is 2. The average molecular weight is 541 g/mol. The minimum atomic E-state index is -0.157. The van der Waals surface area contributed by atoms with Gasteiger partial charge in [0.1, 0.15) is 0 Å². The number of carbonyl (C=O) groups is 2. The first kappa shape index (κ1) is 25.8. The van der Waals surface area contributed by atoms with E-state index in [1.807, 2.05) is 109 Å². The number of carbonyl (C=O) groups excluding carboxylic acids is 2. The molecular formula is C30H28N4O2S2. The van der Waals surface area contributed by atoms with E-state index in [-0.39, 0.29) is 12.1 Å². The molecular weight excluding hydrogens is 512 g/mol. The van der Waals surface area contributed by atoms with Crippen molar-refractivity contribution < 1.29 is 9.59 Å². The van der Waals surface area contributed by atoms with E-state index in [0.717, 1.165) is 31.0 Å². The van der Waals surface area contributed by atoms with Gasteiger partial charge in [-0.3, -0.25) is 0 Å². The number of piperazine rings is 1. The molecule has 4 aromatic carbocycles. The Morgan fingerprint density at radius 1 is 0.500 bits per heavy atom. The van der Waals surface area contributed by atoms with Crippen molar-refractivity contribution in [3.05, 3.63) is 109 Å². The van der Waals surface area contributed by atoms with Crippen molar-refractivity contribution in [3.8, 4) is 0 Å². The summed E-state index contributed by atoms with van der Waals surface area (Å²) in [6, 6.07) is 35.5. The van der Waals surface area contributed by atoms with Crippen molar-refractivity contribution in [3.63, 3.8) is 0 Å². The van der Waals surface area contributed by atoms with Crippen molar-refractivity contribution in [2.45, 2.75) is 19.6 Å². The monoisotopic (exact) mass is 540 g/mol. The van der Waals surface area contributed by atoms with Gasteiger partial charge in [0.05, 0.1) is 11.4 Å². The second-order valence-electron chi connectivity index (χ2n) is 8.66. The molecule has 0 atom stereocenters. The summed E-state index contributed by atoms with van der Waals surface area (Å²) in [5, 5.41) is 6.12. The molecule has 6 nitrogen and oxygen atoms in total. The minimum Gasteiger partial charge on any atom is -0.321 e. The Hall–Kier alpha value is -3.88. The van der Waals surface area contributed by atoms with E-state index < -0.39 is 0 Å². The number of hydrogen-bond donors (Lipinski definition) is 2. The van der Waals surface area contributed by atoms with Gasteiger partial charge in [-0.1, -0.05) is 84.2 Å². The van der Waals surface area contributed by atoms with E-state index in [4.69, 9.17) is 0 Å². The molecule has 5 rings (SSSR count). The van der Waals surface area contributed by atoms with Crippen LogP contribution in [-0.4, -0.2) is 48.0 Å². The van der Waals surface area contributed by atoms with Crippen molar-refractivity contribution in [2.75, 3.05) is 36.8 Å². The fraction of sp³-hybridized carbons (Fsp3) is 0.133. The van der Waals surface area contributed by atoms with Gasteiger partial charge in [-0.25, -0.2) is 9.59 Å². The highest BCUT2D eigenvalue weighted by molar-refractivity contribution is 7.99. The molecule has 2 N–H and O–H groups in total. The third kappa shape index (κ3) is 6.70. The zero-order chi connectivity index (χ0) is 26.2. The molecule has 1 saturated heterocycles. The number of anilines is 2. The topological polar surface area (TPSA) is 64.7 Å². The second kappa shape index (κ2) is 12.6. The van der Waals surface area contributed by atoms with E-state index in [9.17, 15) is 9.59 Å². The van der Waals surface area contributed by atoms with Crippen molar-refractivity contribution >= 4 is 47.0 Å².